The van der Waals surface area contributed by atoms with E-state index in [1.165, 1.54) is 0 Å². The topological polar surface area (TPSA) is 70.7 Å². The number of hydrogen-bond acceptors (Lipinski definition) is 4. The second kappa shape index (κ2) is 4.43. The summed E-state index contributed by atoms with van der Waals surface area (Å²) in [6.07, 6.45) is 6.22. The van der Waals surface area contributed by atoms with Gasteiger partial charge in [-0.2, -0.15) is 0 Å². The van der Waals surface area contributed by atoms with Crippen molar-refractivity contribution in [2.75, 3.05) is 6.54 Å². The maximum absolute atomic E-state index is 10.9. The Morgan fingerprint density at radius 1 is 1.64 bits per heavy atom. The fourth-order valence-electron chi connectivity index (χ4n) is 1.61. The molecular weight excluding hydrogens is 204 g/mol. The van der Waals surface area contributed by atoms with Crippen molar-refractivity contribution < 1.29 is 4.79 Å². The lowest BCUT2D eigenvalue weighted by Gasteiger charge is -2.18. The zero-order chi connectivity index (χ0) is 9.26. The molecule has 3 N–H and O–H groups in total. The molecule has 0 bridgehead atoms. The van der Waals surface area contributed by atoms with Crippen molar-refractivity contribution in [3.05, 3.63) is 12.3 Å². The van der Waals surface area contributed by atoms with Crippen molar-refractivity contribution in [1.29, 1.82) is 0 Å². The Hall–Kier alpha value is -1.07. The fourth-order valence-corrected chi connectivity index (χ4v) is 1.61. The number of nitrogens with one attached hydrogen (secondary N) is 1. The van der Waals surface area contributed by atoms with Gasteiger partial charge in [0.2, 0.25) is 5.91 Å². The number of carbonyl (C=O) groups excluding carboxylic acids is 1. The van der Waals surface area contributed by atoms with E-state index in [0.29, 0.717) is 6.54 Å². The Labute approximate surface area is 88.4 Å². The second-order valence-electron chi connectivity index (χ2n) is 3.24. The van der Waals surface area contributed by atoms with Crippen molar-refractivity contribution in [3.63, 3.8) is 0 Å². The lowest BCUT2D eigenvalue weighted by atomic mass is 10.1. The van der Waals surface area contributed by atoms with Gasteiger partial charge in [-0.1, -0.05) is 0 Å². The number of rotatable bonds is 1. The van der Waals surface area contributed by atoms with E-state index < -0.39 is 0 Å². The van der Waals surface area contributed by atoms with Gasteiger partial charge in [0.25, 0.3) is 0 Å². The molecule has 0 aliphatic carbocycles. The van der Waals surface area contributed by atoms with Crippen LogP contribution in [-0.2, 0) is 4.79 Å². The van der Waals surface area contributed by atoms with Gasteiger partial charge in [0.15, 0.2) is 0 Å². The predicted octanol–water partition coefficient (Wildman–Crippen LogP) is -0.561. The molecule has 0 saturated carbocycles. The predicted molar refractivity (Wildman–Crippen MR) is 56.1 cm³/mol. The number of carbonyl (C=O) groups is 1. The van der Waals surface area contributed by atoms with Crippen LogP contribution >= 0.6 is 12.4 Å². The van der Waals surface area contributed by atoms with E-state index in [2.05, 4.69) is 10.4 Å². The van der Waals surface area contributed by atoms with Gasteiger partial charge in [-0.05, 0) is 12.5 Å². The summed E-state index contributed by atoms with van der Waals surface area (Å²) in [5.41, 5.74) is 8.22. The summed E-state index contributed by atoms with van der Waals surface area (Å²) >= 11 is 0. The molecule has 2 aliphatic rings. The Kier molecular flexibility index (Phi) is 3.49. The molecule has 2 rings (SSSR count). The Morgan fingerprint density at radius 2 is 2.43 bits per heavy atom. The first-order valence-electron chi connectivity index (χ1n) is 4.28. The largest absolute Gasteiger partial charge is 0.368 e. The molecule has 0 aromatic rings. The minimum absolute atomic E-state index is 0. The summed E-state index contributed by atoms with van der Waals surface area (Å²) in [6.45, 7) is 0.712. The summed E-state index contributed by atoms with van der Waals surface area (Å²) in [5, 5.41) is 1.91. The smallest absolute Gasteiger partial charge is 0.236 e. The van der Waals surface area contributed by atoms with Gasteiger partial charge < -0.3 is 10.7 Å². The normalized spacial score (nSPS) is 29.3. The highest BCUT2D eigenvalue weighted by Gasteiger charge is 2.32. The number of aliphatic imine (C=N–C) groups is 1. The maximum Gasteiger partial charge on any atom is 0.236 e. The zero-order valence-electron chi connectivity index (χ0n) is 7.59. The number of nitrogens with two attached hydrogens (primary N) is 1. The molecule has 14 heavy (non-hydrogen) atoms. The van der Waals surface area contributed by atoms with Gasteiger partial charge >= 0.3 is 0 Å². The van der Waals surface area contributed by atoms with Gasteiger partial charge in [0.05, 0.1) is 12.6 Å². The molecule has 0 radical (unpaired) electrons. The quantitative estimate of drug-likeness (QED) is 0.617. The molecule has 0 aromatic carbocycles. The molecular formula is C8H13ClN4O. The van der Waals surface area contributed by atoms with Crippen molar-refractivity contribution in [3.8, 4) is 0 Å². The molecule has 2 heterocycles. The highest BCUT2D eigenvalue weighted by Crippen LogP contribution is 2.16. The average Bonchev–Trinajstić information content (AvgIpc) is 2.38. The summed E-state index contributed by atoms with van der Waals surface area (Å²) in [6, 6.07) is 0.00968. The molecule has 0 aromatic heterocycles. The van der Waals surface area contributed by atoms with E-state index >= 15 is 0 Å². The summed E-state index contributed by atoms with van der Waals surface area (Å²) in [5.74, 6) is -0.301. The molecule has 5 nitrogen and oxygen atoms in total. The third-order valence-corrected chi connectivity index (χ3v) is 2.30. The van der Waals surface area contributed by atoms with Crippen LogP contribution in [0.1, 0.15) is 6.42 Å². The summed E-state index contributed by atoms with van der Waals surface area (Å²) in [4.78, 5) is 15.1. The number of primary amides is 1. The van der Waals surface area contributed by atoms with Gasteiger partial charge in [0, 0.05) is 12.4 Å². The van der Waals surface area contributed by atoms with Crippen LogP contribution in [0, 0.1) is 0 Å². The molecule has 0 spiro atoms. The van der Waals surface area contributed by atoms with Crippen LogP contribution in [0.5, 0.6) is 0 Å². The molecule has 2 aliphatic heterocycles. The first-order chi connectivity index (χ1) is 6.27. The number of hydrogen-bond donors (Lipinski definition) is 2. The van der Waals surface area contributed by atoms with Crippen molar-refractivity contribution >= 4 is 24.5 Å². The van der Waals surface area contributed by atoms with Crippen LogP contribution in [-0.4, -0.2) is 35.8 Å². The third kappa shape index (κ3) is 2.05. The van der Waals surface area contributed by atoms with Crippen molar-refractivity contribution in [2.45, 2.75) is 18.5 Å². The van der Waals surface area contributed by atoms with Crippen LogP contribution in [0.15, 0.2) is 17.3 Å². The molecule has 1 fully saturated rings. The molecule has 1 saturated heterocycles. The highest BCUT2D eigenvalue weighted by molar-refractivity contribution is 5.85. The molecule has 2 atom stereocenters. The zero-order valence-corrected chi connectivity index (χ0v) is 8.41. The van der Waals surface area contributed by atoms with E-state index in [0.717, 1.165) is 6.42 Å². The maximum atomic E-state index is 10.9. The summed E-state index contributed by atoms with van der Waals surface area (Å²) < 4.78 is 0. The molecule has 6 heteroatoms. The van der Waals surface area contributed by atoms with Crippen molar-refractivity contribution in [2.24, 2.45) is 10.7 Å². The number of amides is 1. The SMILES string of the molecule is Cl.NC(=O)C1CC2CN=CC=CN2N1. The number of fused-ring (bicyclic) bond motifs is 1. The van der Waals surface area contributed by atoms with Crippen LogP contribution in [0.25, 0.3) is 0 Å². The van der Waals surface area contributed by atoms with E-state index in [1.54, 1.807) is 6.21 Å². The lowest BCUT2D eigenvalue weighted by Crippen LogP contribution is -2.41. The Morgan fingerprint density at radius 3 is 3.14 bits per heavy atom. The number of halogens is 1. The number of allylic oxidation sites excluding steroid dienone is 1. The van der Waals surface area contributed by atoms with Crippen LogP contribution in [0.2, 0.25) is 0 Å². The van der Waals surface area contributed by atoms with Crippen molar-refractivity contribution in [1.82, 2.24) is 10.4 Å². The Bertz CT molecular complexity index is 279. The molecule has 2 unspecified atom stereocenters. The highest BCUT2D eigenvalue weighted by atomic mass is 35.5. The van der Waals surface area contributed by atoms with Gasteiger partial charge in [-0.25, -0.2) is 5.43 Å². The minimum atomic E-state index is -0.301. The van der Waals surface area contributed by atoms with Crippen LogP contribution in [0.3, 0.4) is 0 Å². The first kappa shape index (κ1) is 11.0. The fraction of sp³-hybridized carbons (Fsp3) is 0.500. The standard InChI is InChI=1S/C8H12N4O.ClH/c9-8(13)7-4-6-5-10-2-1-3-12(6)11-7;/h1-3,6-7,11H,4-5H2,(H2,9,13);1H. The van der Waals surface area contributed by atoms with Crippen LogP contribution in [0.4, 0.5) is 0 Å². The van der Waals surface area contributed by atoms with E-state index in [9.17, 15) is 4.79 Å². The number of hydrazine groups is 1. The minimum Gasteiger partial charge on any atom is -0.368 e. The molecule has 78 valence electrons. The first-order valence-corrected chi connectivity index (χ1v) is 4.28. The lowest BCUT2D eigenvalue weighted by molar-refractivity contribution is -0.120. The second-order valence-corrected chi connectivity index (χ2v) is 3.24. The van der Waals surface area contributed by atoms with E-state index in [1.807, 2.05) is 17.3 Å². The Balaban J connectivity index is 0.000000980. The monoisotopic (exact) mass is 216 g/mol. The number of nitrogens with zero attached hydrogens (tertiary/aromatic N) is 2. The summed E-state index contributed by atoms with van der Waals surface area (Å²) in [7, 11) is 0. The third-order valence-electron chi connectivity index (χ3n) is 2.30. The van der Waals surface area contributed by atoms with E-state index in [-0.39, 0.29) is 30.4 Å². The van der Waals surface area contributed by atoms with Gasteiger partial charge in [-0.3, -0.25) is 9.79 Å². The van der Waals surface area contributed by atoms with Crippen LogP contribution < -0.4 is 11.2 Å². The van der Waals surface area contributed by atoms with Gasteiger partial charge in [-0.15, -0.1) is 12.4 Å². The molecule has 1 amide bonds. The van der Waals surface area contributed by atoms with Gasteiger partial charge in [0.1, 0.15) is 6.04 Å². The van der Waals surface area contributed by atoms with E-state index in [4.69, 9.17) is 5.73 Å². The average molecular weight is 217 g/mol.